The number of nitro groups is 1. The lowest BCUT2D eigenvalue weighted by atomic mass is 10.2. The number of aromatic nitrogens is 1. The summed E-state index contributed by atoms with van der Waals surface area (Å²) in [4.78, 5) is 15.6. The average Bonchev–Trinajstić information content (AvgIpc) is 2.73. The smallest absolute Gasteiger partial charge is 0.271 e. The van der Waals surface area contributed by atoms with Gasteiger partial charge in [0.25, 0.3) is 5.69 Å². The summed E-state index contributed by atoms with van der Waals surface area (Å²) in [5.74, 6) is 0. The summed E-state index contributed by atoms with van der Waals surface area (Å²) in [7, 11) is 0. The summed E-state index contributed by atoms with van der Waals surface area (Å²) in [6, 6.07) is 4.82. The first-order valence-electron chi connectivity index (χ1n) is 5.46. The molecule has 1 aromatic heterocycles. The highest BCUT2D eigenvalue weighted by molar-refractivity contribution is 7.09. The summed E-state index contributed by atoms with van der Waals surface area (Å²) in [5, 5.41) is 13.9. The van der Waals surface area contributed by atoms with Crippen molar-refractivity contribution >= 4 is 22.7 Å². The van der Waals surface area contributed by atoms with Crippen LogP contribution in [0.1, 0.15) is 16.1 Å². The molecule has 0 radical (unpaired) electrons. The fourth-order valence-electron chi connectivity index (χ4n) is 1.59. The van der Waals surface area contributed by atoms with E-state index in [1.807, 2.05) is 13.8 Å². The van der Waals surface area contributed by atoms with E-state index in [1.54, 1.807) is 29.0 Å². The summed E-state index contributed by atoms with van der Waals surface area (Å²) < 4.78 is 0. The molecule has 0 saturated carbocycles. The second kappa shape index (κ2) is 5.14. The Balaban J connectivity index is 2.16. The Labute approximate surface area is 109 Å². The van der Waals surface area contributed by atoms with Crippen LogP contribution in [0.3, 0.4) is 0 Å². The van der Waals surface area contributed by atoms with Crippen molar-refractivity contribution in [2.75, 3.05) is 5.32 Å². The van der Waals surface area contributed by atoms with Crippen molar-refractivity contribution in [1.82, 2.24) is 4.98 Å². The van der Waals surface area contributed by atoms with Crippen LogP contribution in [0, 0.1) is 24.0 Å². The molecule has 1 aromatic carbocycles. The Hall–Kier alpha value is -1.95. The molecule has 0 spiro atoms. The van der Waals surface area contributed by atoms with E-state index in [-0.39, 0.29) is 10.6 Å². The third-order valence-corrected chi connectivity index (χ3v) is 3.65. The van der Waals surface area contributed by atoms with Crippen molar-refractivity contribution in [3.05, 3.63) is 50.0 Å². The zero-order valence-electron chi connectivity index (χ0n) is 10.1. The Bertz CT molecular complexity index is 580. The highest BCUT2D eigenvalue weighted by Crippen LogP contribution is 2.23. The number of nitrogens with zero attached hydrogens (tertiary/aromatic N) is 2. The van der Waals surface area contributed by atoms with E-state index in [9.17, 15) is 10.1 Å². The molecule has 0 amide bonds. The second-order valence-electron chi connectivity index (χ2n) is 3.97. The molecule has 0 atom stereocenters. The number of anilines is 1. The first-order chi connectivity index (χ1) is 8.58. The maximum absolute atomic E-state index is 10.7. The molecule has 0 saturated heterocycles. The largest absolute Gasteiger partial charge is 0.380 e. The lowest BCUT2D eigenvalue weighted by Gasteiger charge is -2.08. The van der Waals surface area contributed by atoms with E-state index in [0.29, 0.717) is 6.54 Å². The van der Waals surface area contributed by atoms with Crippen LogP contribution in [0.25, 0.3) is 0 Å². The van der Waals surface area contributed by atoms with Gasteiger partial charge in [-0.05, 0) is 19.4 Å². The lowest BCUT2D eigenvalue weighted by molar-refractivity contribution is -0.384. The van der Waals surface area contributed by atoms with Gasteiger partial charge >= 0.3 is 0 Å². The van der Waals surface area contributed by atoms with E-state index >= 15 is 0 Å². The maximum atomic E-state index is 10.7. The third-order valence-electron chi connectivity index (χ3n) is 2.72. The van der Waals surface area contributed by atoms with Crippen LogP contribution in [0.5, 0.6) is 0 Å². The fourth-order valence-corrected chi connectivity index (χ4v) is 2.30. The molecule has 5 nitrogen and oxygen atoms in total. The molecule has 18 heavy (non-hydrogen) atoms. The Morgan fingerprint density at radius 2 is 2.22 bits per heavy atom. The van der Waals surface area contributed by atoms with Crippen molar-refractivity contribution in [1.29, 1.82) is 0 Å². The van der Waals surface area contributed by atoms with Gasteiger partial charge in [0, 0.05) is 22.7 Å². The minimum Gasteiger partial charge on any atom is -0.380 e. The molecule has 1 heterocycles. The molecule has 0 unspecified atom stereocenters. The molecule has 2 aromatic rings. The standard InChI is InChI=1S/C12H13N3O2S/c1-8-3-4-10(15(16)17)5-11(8)13-6-12-9(2)14-7-18-12/h3-5,7,13H,6H2,1-2H3. The van der Waals surface area contributed by atoms with Gasteiger partial charge in [-0.1, -0.05) is 6.07 Å². The number of hydrogen-bond acceptors (Lipinski definition) is 5. The Morgan fingerprint density at radius 1 is 1.44 bits per heavy atom. The zero-order chi connectivity index (χ0) is 13.1. The molecule has 6 heteroatoms. The zero-order valence-corrected chi connectivity index (χ0v) is 11.0. The molecule has 1 N–H and O–H groups in total. The van der Waals surface area contributed by atoms with E-state index in [0.717, 1.165) is 21.8 Å². The SMILES string of the molecule is Cc1ccc([N+](=O)[O-])cc1NCc1scnc1C. The molecule has 94 valence electrons. The Kier molecular flexibility index (Phi) is 3.57. The van der Waals surface area contributed by atoms with Crippen LogP contribution < -0.4 is 5.32 Å². The highest BCUT2D eigenvalue weighted by atomic mass is 32.1. The molecular formula is C12H13N3O2S. The molecular weight excluding hydrogens is 250 g/mol. The summed E-state index contributed by atoms with van der Waals surface area (Å²) in [6.07, 6.45) is 0. The predicted molar refractivity (Wildman–Crippen MR) is 72.0 cm³/mol. The molecule has 0 fully saturated rings. The number of hydrogen-bond donors (Lipinski definition) is 1. The highest BCUT2D eigenvalue weighted by Gasteiger charge is 2.09. The third kappa shape index (κ3) is 2.65. The number of non-ortho nitro benzene ring substituents is 1. The first kappa shape index (κ1) is 12.5. The topological polar surface area (TPSA) is 68.1 Å². The number of thiazole rings is 1. The number of nitro benzene ring substituents is 1. The molecule has 2 rings (SSSR count). The number of rotatable bonds is 4. The molecule has 0 aliphatic rings. The van der Waals surface area contributed by atoms with Crippen molar-refractivity contribution < 1.29 is 4.92 Å². The molecule has 0 aliphatic heterocycles. The lowest BCUT2D eigenvalue weighted by Crippen LogP contribution is -2.01. The van der Waals surface area contributed by atoms with Crippen LogP contribution in [-0.2, 0) is 6.54 Å². The summed E-state index contributed by atoms with van der Waals surface area (Å²) in [5.41, 5.74) is 4.67. The Morgan fingerprint density at radius 3 is 2.83 bits per heavy atom. The van der Waals surface area contributed by atoms with E-state index in [4.69, 9.17) is 0 Å². The fraction of sp³-hybridized carbons (Fsp3) is 0.250. The van der Waals surface area contributed by atoms with Crippen molar-refractivity contribution in [2.45, 2.75) is 20.4 Å². The van der Waals surface area contributed by atoms with E-state index < -0.39 is 0 Å². The van der Waals surface area contributed by atoms with Gasteiger partial charge in [-0.25, -0.2) is 4.98 Å². The number of aryl methyl sites for hydroxylation is 2. The normalized spacial score (nSPS) is 10.3. The van der Waals surface area contributed by atoms with Gasteiger partial charge < -0.3 is 5.32 Å². The van der Waals surface area contributed by atoms with Crippen LogP contribution >= 0.6 is 11.3 Å². The first-order valence-corrected chi connectivity index (χ1v) is 6.34. The minimum atomic E-state index is -0.386. The summed E-state index contributed by atoms with van der Waals surface area (Å²) in [6.45, 7) is 4.51. The van der Waals surface area contributed by atoms with Crippen LogP contribution in [-0.4, -0.2) is 9.91 Å². The van der Waals surface area contributed by atoms with Crippen molar-refractivity contribution in [2.24, 2.45) is 0 Å². The quantitative estimate of drug-likeness (QED) is 0.679. The molecule has 0 bridgehead atoms. The van der Waals surface area contributed by atoms with Gasteiger partial charge in [0.05, 0.1) is 22.7 Å². The van der Waals surface area contributed by atoms with Gasteiger partial charge in [0.15, 0.2) is 0 Å². The van der Waals surface area contributed by atoms with Crippen LogP contribution in [0.2, 0.25) is 0 Å². The predicted octanol–water partition coefficient (Wildman–Crippen LogP) is 3.28. The number of benzene rings is 1. The summed E-state index contributed by atoms with van der Waals surface area (Å²) >= 11 is 1.58. The van der Waals surface area contributed by atoms with Gasteiger partial charge in [-0.15, -0.1) is 11.3 Å². The van der Waals surface area contributed by atoms with Crippen molar-refractivity contribution in [3.8, 4) is 0 Å². The second-order valence-corrected chi connectivity index (χ2v) is 4.91. The maximum Gasteiger partial charge on any atom is 0.271 e. The van der Waals surface area contributed by atoms with Crippen LogP contribution in [0.15, 0.2) is 23.7 Å². The minimum absolute atomic E-state index is 0.101. The monoisotopic (exact) mass is 263 g/mol. The van der Waals surface area contributed by atoms with Gasteiger partial charge in [0.2, 0.25) is 0 Å². The van der Waals surface area contributed by atoms with E-state index in [2.05, 4.69) is 10.3 Å². The van der Waals surface area contributed by atoms with Crippen LogP contribution in [0.4, 0.5) is 11.4 Å². The molecule has 0 aliphatic carbocycles. The van der Waals surface area contributed by atoms with Crippen molar-refractivity contribution in [3.63, 3.8) is 0 Å². The van der Waals surface area contributed by atoms with Gasteiger partial charge in [-0.3, -0.25) is 10.1 Å². The van der Waals surface area contributed by atoms with Gasteiger partial charge in [-0.2, -0.15) is 0 Å². The number of nitrogens with one attached hydrogen (secondary N) is 1. The van der Waals surface area contributed by atoms with E-state index in [1.165, 1.54) is 6.07 Å². The van der Waals surface area contributed by atoms with Gasteiger partial charge in [0.1, 0.15) is 0 Å². The average molecular weight is 263 g/mol.